The minimum absolute atomic E-state index is 0.182. The lowest BCUT2D eigenvalue weighted by molar-refractivity contribution is 0.280. The highest BCUT2D eigenvalue weighted by atomic mass is 79.9. The first-order valence-corrected chi connectivity index (χ1v) is 11.5. The van der Waals surface area contributed by atoms with Crippen molar-refractivity contribution < 1.29 is 14.6 Å². The lowest BCUT2D eigenvalue weighted by Crippen LogP contribution is -2.45. The standard InChI is InChI=1S/C22H29BrNO3P/c23-20-14-17(4-9-21(20)27-16-28)15-22(10-1-2-11-22)24-12-3-13-26-19-7-5-18(25)6-8-19/h4-9,14,24-25H,1-3,10-13,15-16,28H2. The second-order valence-corrected chi connectivity index (χ2v) is 8.55. The fourth-order valence-corrected chi connectivity index (χ4v) is 4.60. The van der Waals surface area contributed by atoms with Gasteiger partial charge in [0.2, 0.25) is 0 Å². The zero-order valence-corrected chi connectivity index (χ0v) is 18.9. The van der Waals surface area contributed by atoms with Gasteiger partial charge >= 0.3 is 0 Å². The third-order valence-electron chi connectivity index (χ3n) is 5.26. The van der Waals surface area contributed by atoms with E-state index >= 15 is 0 Å². The predicted molar refractivity (Wildman–Crippen MR) is 120 cm³/mol. The molecular formula is C22H29BrNO3P. The van der Waals surface area contributed by atoms with Crippen molar-refractivity contribution in [3.05, 3.63) is 52.5 Å². The Hall–Kier alpha value is -1.29. The second kappa shape index (κ2) is 10.5. The molecule has 1 aliphatic rings. The Morgan fingerprint density at radius 3 is 2.50 bits per heavy atom. The van der Waals surface area contributed by atoms with Crippen LogP contribution in [0.15, 0.2) is 46.9 Å². The van der Waals surface area contributed by atoms with Gasteiger partial charge < -0.3 is 19.9 Å². The van der Waals surface area contributed by atoms with Crippen LogP contribution in [-0.2, 0) is 6.42 Å². The number of phenolic OH excluding ortho intramolecular Hbond substituents is 1. The fourth-order valence-electron chi connectivity index (χ4n) is 3.88. The van der Waals surface area contributed by atoms with Crippen LogP contribution >= 0.6 is 25.2 Å². The summed E-state index contributed by atoms with van der Waals surface area (Å²) in [7, 11) is 2.58. The molecular weight excluding hydrogens is 437 g/mol. The number of phenols is 1. The van der Waals surface area contributed by atoms with Gasteiger partial charge in [-0.05, 0) is 90.1 Å². The first kappa shape index (κ1) is 21.4. The number of halogens is 1. The van der Waals surface area contributed by atoms with Gasteiger partial charge in [-0.3, -0.25) is 0 Å². The van der Waals surface area contributed by atoms with Gasteiger partial charge in [0.1, 0.15) is 23.6 Å². The van der Waals surface area contributed by atoms with Gasteiger partial charge in [-0.25, -0.2) is 0 Å². The smallest absolute Gasteiger partial charge is 0.133 e. The largest absolute Gasteiger partial charge is 0.508 e. The summed E-state index contributed by atoms with van der Waals surface area (Å²) in [6.45, 7) is 1.61. The SMILES string of the molecule is Oc1ccc(OCCCNC2(Cc3ccc(OCP)c(Br)c3)CCCC2)cc1. The summed E-state index contributed by atoms with van der Waals surface area (Å²) in [5.74, 6) is 1.95. The number of rotatable bonds is 10. The van der Waals surface area contributed by atoms with Crippen LogP contribution in [0.25, 0.3) is 0 Å². The van der Waals surface area contributed by atoms with Crippen LogP contribution in [0.5, 0.6) is 17.2 Å². The van der Waals surface area contributed by atoms with E-state index in [9.17, 15) is 5.11 Å². The second-order valence-electron chi connectivity index (χ2n) is 7.36. The van der Waals surface area contributed by atoms with Crippen LogP contribution < -0.4 is 14.8 Å². The van der Waals surface area contributed by atoms with Crippen molar-refractivity contribution >= 4 is 25.2 Å². The number of hydrogen-bond donors (Lipinski definition) is 2. The van der Waals surface area contributed by atoms with Crippen molar-refractivity contribution in [1.82, 2.24) is 5.32 Å². The summed E-state index contributed by atoms with van der Waals surface area (Å²) >= 11 is 3.63. The summed E-state index contributed by atoms with van der Waals surface area (Å²) in [4.78, 5) is 0. The van der Waals surface area contributed by atoms with Crippen molar-refractivity contribution in [2.24, 2.45) is 0 Å². The van der Waals surface area contributed by atoms with Crippen molar-refractivity contribution in [3.8, 4) is 17.2 Å². The van der Waals surface area contributed by atoms with Gasteiger partial charge in [-0.1, -0.05) is 28.1 Å². The average molecular weight is 466 g/mol. The van der Waals surface area contributed by atoms with E-state index in [0.717, 1.165) is 35.4 Å². The van der Waals surface area contributed by atoms with E-state index in [1.165, 1.54) is 31.2 Å². The molecule has 0 heterocycles. The number of aromatic hydroxyl groups is 1. The Kier molecular flexibility index (Phi) is 8.01. The van der Waals surface area contributed by atoms with Crippen LogP contribution in [-0.4, -0.2) is 30.1 Å². The van der Waals surface area contributed by atoms with Gasteiger partial charge in [0, 0.05) is 5.54 Å². The van der Waals surface area contributed by atoms with E-state index in [4.69, 9.17) is 9.47 Å². The van der Waals surface area contributed by atoms with E-state index in [2.05, 4.69) is 48.7 Å². The number of nitrogens with one attached hydrogen (secondary N) is 1. The predicted octanol–water partition coefficient (Wildman–Crippen LogP) is 5.28. The Morgan fingerprint density at radius 2 is 1.82 bits per heavy atom. The maximum Gasteiger partial charge on any atom is 0.133 e. The van der Waals surface area contributed by atoms with E-state index < -0.39 is 0 Å². The monoisotopic (exact) mass is 465 g/mol. The van der Waals surface area contributed by atoms with Gasteiger partial charge in [0.05, 0.1) is 11.1 Å². The van der Waals surface area contributed by atoms with Crippen LogP contribution in [0.3, 0.4) is 0 Å². The van der Waals surface area contributed by atoms with Crippen LogP contribution in [0.4, 0.5) is 0 Å². The van der Waals surface area contributed by atoms with E-state index in [1.54, 1.807) is 24.3 Å². The number of benzene rings is 2. The zero-order valence-electron chi connectivity index (χ0n) is 16.1. The summed E-state index contributed by atoms with van der Waals surface area (Å²) in [5.41, 5.74) is 1.51. The maximum absolute atomic E-state index is 9.32. The lowest BCUT2D eigenvalue weighted by atomic mass is 9.89. The zero-order chi connectivity index (χ0) is 19.8. The fraction of sp³-hybridized carbons (Fsp3) is 0.455. The molecule has 2 aromatic carbocycles. The molecule has 1 atom stereocenters. The quantitative estimate of drug-likeness (QED) is 0.370. The molecule has 152 valence electrons. The van der Waals surface area contributed by atoms with Crippen LogP contribution in [0.2, 0.25) is 0 Å². The molecule has 3 rings (SSSR count). The minimum Gasteiger partial charge on any atom is -0.508 e. The molecule has 0 aliphatic heterocycles. The highest BCUT2D eigenvalue weighted by Gasteiger charge is 2.33. The first-order chi connectivity index (χ1) is 13.6. The van der Waals surface area contributed by atoms with E-state index in [0.29, 0.717) is 13.0 Å². The van der Waals surface area contributed by atoms with E-state index in [-0.39, 0.29) is 11.3 Å². The molecule has 28 heavy (non-hydrogen) atoms. The summed E-state index contributed by atoms with van der Waals surface area (Å²) < 4.78 is 12.4. The van der Waals surface area contributed by atoms with Crippen LogP contribution in [0.1, 0.15) is 37.7 Å². The van der Waals surface area contributed by atoms with Gasteiger partial charge in [0.15, 0.2) is 0 Å². The highest BCUT2D eigenvalue weighted by molar-refractivity contribution is 9.10. The lowest BCUT2D eigenvalue weighted by Gasteiger charge is -2.31. The molecule has 1 fully saturated rings. The van der Waals surface area contributed by atoms with Gasteiger partial charge in [-0.15, -0.1) is 0 Å². The van der Waals surface area contributed by atoms with Crippen LogP contribution in [0, 0.1) is 0 Å². The molecule has 0 aromatic heterocycles. The molecule has 1 unspecified atom stereocenters. The molecule has 2 aromatic rings. The van der Waals surface area contributed by atoms with Gasteiger partial charge in [0.25, 0.3) is 0 Å². The molecule has 0 saturated heterocycles. The topological polar surface area (TPSA) is 50.7 Å². The molecule has 0 bridgehead atoms. The number of hydrogen-bond acceptors (Lipinski definition) is 4. The molecule has 1 aliphatic carbocycles. The first-order valence-electron chi connectivity index (χ1n) is 9.88. The molecule has 1 saturated carbocycles. The van der Waals surface area contributed by atoms with Crippen molar-refractivity contribution in [2.75, 3.05) is 19.5 Å². The Labute approximate surface area is 178 Å². The maximum atomic E-state index is 9.32. The minimum atomic E-state index is 0.182. The van der Waals surface area contributed by atoms with Gasteiger partial charge in [-0.2, -0.15) is 0 Å². The van der Waals surface area contributed by atoms with Crippen molar-refractivity contribution in [3.63, 3.8) is 0 Å². The van der Waals surface area contributed by atoms with Crippen molar-refractivity contribution in [1.29, 1.82) is 0 Å². The summed E-state index contributed by atoms with van der Waals surface area (Å²) in [6, 6.07) is 13.3. The number of ether oxygens (including phenoxy) is 2. The summed E-state index contributed by atoms with van der Waals surface area (Å²) in [5, 5.41) is 13.1. The average Bonchev–Trinajstić information content (AvgIpc) is 3.14. The molecule has 6 heteroatoms. The summed E-state index contributed by atoms with van der Waals surface area (Å²) in [6.07, 6.45) is 7.58. The molecule has 2 N–H and O–H groups in total. The normalized spacial score (nSPS) is 15.5. The Morgan fingerprint density at radius 1 is 1.07 bits per heavy atom. The molecule has 0 amide bonds. The Bertz CT molecular complexity index is 748. The van der Waals surface area contributed by atoms with E-state index in [1.807, 2.05) is 0 Å². The molecule has 0 spiro atoms. The third kappa shape index (κ3) is 6.10. The molecule has 4 nitrogen and oxygen atoms in total. The van der Waals surface area contributed by atoms with Crippen molar-refractivity contribution in [2.45, 2.75) is 44.1 Å². The third-order valence-corrected chi connectivity index (χ3v) is 6.05. The molecule has 0 radical (unpaired) electrons. The highest BCUT2D eigenvalue weighted by Crippen LogP contribution is 2.35. The Balaban J connectivity index is 1.49.